The normalized spacial score (nSPS) is 11.1. The molecule has 0 saturated heterocycles. The first-order valence-corrected chi connectivity index (χ1v) is 6.39. The fourth-order valence-electron chi connectivity index (χ4n) is 1.73. The van der Waals surface area contributed by atoms with Crippen LogP contribution in [-0.2, 0) is 17.5 Å². The van der Waals surface area contributed by atoms with E-state index >= 15 is 0 Å². The third-order valence-electron chi connectivity index (χ3n) is 2.64. The van der Waals surface area contributed by atoms with E-state index in [4.69, 9.17) is 5.26 Å². The Hall–Kier alpha value is -2.96. The molecule has 0 fully saturated rings. The predicted molar refractivity (Wildman–Crippen MR) is 69.0 cm³/mol. The molecule has 0 radical (unpaired) electrons. The number of alkyl halides is 3. The summed E-state index contributed by atoms with van der Waals surface area (Å²) >= 11 is 0. The molecule has 10 heteroatoms. The summed E-state index contributed by atoms with van der Waals surface area (Å²) in [6.45, 7) is 1.15. The molecule has 0 amide bonds. The van der Waals surface area contributed by atoms with Gasteiger partial charge in [-0.3, -0.25) is 4.98 Å². The van der Waals surface area contributed by atoms with Gasteiger partial charge in [-0.25, -0.2) is 4.79 Å². The van der Waals surface area contributed by atoms with Gasteiger partial charge in [0.05, 0.1) is 23.9 Å². The molecule has 2 aromatic rings. The van der Waals surface area contributed by atoms with Crippen molar-refractivity contribution in [1.82, 2.24) is 20.0 Å². The van der Waals surface area contributed by atoms with E-state index in [1.807, 2.05) is 6.07 Å². The van der Waals surface area contributed by atoms with Gasteiger partial charge in [-0.2, -0.15) is 23.2 Å². The highest BCUT2D eigenvalue weighted by Crippen LogP contribution is 2.30. The molecule has 23 heavy (non-hydrogen) atoms. The molecule has 120 valence electrons. The molecule has 7 nitrogen and oxygen atoms in total. The largest absolute Gasteiger partial charge is 0.461 e. The van der Waals surface area contributed by atoms with Crippen molar-refractivity contribution in [2.24, 2.45) is 0 Å². The molecule has 2 heterocycles. The summed E-state index contributed by atoms with van der Waals surface area (Å²) in [7, 11) is 0. The number of rotatable bonds is 4. The molecule has 0 unspecified atom stereocenters. The van der Waals surface area contributed by atoms with Gasteiger partial charge in [0, 0.05) is 6.20 Å². The number of esters is 1. The second kappa shape index (κ2) is 6.43. The van der Waals surface area contributed by atoms with Gasteiger partial charge in [-0.05, 0) is 19.1 Å². The number of carbonyl (C=O) groups excluding carboxylic acids is 1. The van der Waals surface area contributed by atoms with Crippen LogP contribution in [0.2, 0.25) is 0 Å². The maximum atomic E-state index is 12.9. The number of nitrogens with zero attached hydrogens (tertiary/aromatic N) is 5. The number of ether oxygens (including phenoxy) is 1. The van der Waals surface area contributed by atoms with Crippen LogP contribution in [0, 0.1) is 11.3 Å². The van der Waals surface area contributed by atoms with E-state index in [1.165, 1.54) is 25.3 Å². The maximum absolute atomic E-state index is 12.9. The Morgan fingerprint density at radius 1 is 1.43 bits per heavy atom. The lowest BCUT2D eigenvalue weighted by molar-refractivity contribution is -0.142. The Morgan fingerprint density at radius 3 is 2.78 bits per heavy atom. The molecule has 0 N–H and O–H groups in total. The van der Waals surface area contributed by atoms with E-state index in [9.17, 15) is 18.0 Å². The summed E-state index contributed by atoms with van der Waals surface area (Å²) in [5.41, 5.74) is -1.75. The average molecular weight is 325 g/mol. The lowest BCUT2D eigenvalue weighted by Crippen LogP contribution is -2.15. The zero-order chi connectivity index (χ0) is 17.0. The highest BCUT2D eigenvalue weighted by Gasteiger charge is 2.41. The third kappa shape index (κ3) is 3.82. The fourth-order valence-corrected chi connectivity index (χ4v) is 1.73. The van der Waals surface area contributed by atoms with E-state index in [2.05, 4.69) is 19.9 Å². The van der Waals surface area contributed by atoms with Crippen molar-refractivity contribution in [3.8, 4) is 6.07 Å². The quantitative estimate of drug-likeness (QED) is 0.796. The van der Waals surface area contributed by atoms with Crippen LogP contribution in [0.3, 0.4) is 0 Å². The minimum Gasteiger partial charge on any atom is -0.461 e. The Kier molecular flexibility index (Phi) is 4.59. The number of nitriles is 1. The van der Waals surface area contributed by atoms with Gasteiger partial charge in [0.25, 0.3) is 0 Å². The van der Waals surface area contributed by atoms with Crippen LogP contribution >= 0.6 is 0 Å². The van der Waals surface area contributed by atoms with Gasteiger partial charge in [0.15, 0.2) is 0 Å². The monoisotopic (exact) mass is 325 g/mol. The Balaban J connectivity index is 2.36. The highest BCUT2D eigenvalue weighted by atomic mass is 19.4. The Morgan fingerprint density at radius 2 is 2.17 bits per heavy atom. The first-order chi connectivity index (χ1) is 10.8. The number of hydrogen-bond acceptors (Lipinski definition) is 6. The van der Waals surface area contributed by atoms with Crippen molar-refractivity contribution in [3.05, 3.63) is 41.0 Å². The van der Waals surface area contributed by atoms with Gasteiger partial charge in [-0.15, -0.1) is 10.2 Å². The zero-order valence-corrected chi connectivity index (χ0v) is 11.8. The summed E-state index contributed by atoms with van der Waals surface area (Å²) < 4.78 is 43.4. The molecule has 0 spiro atoms. The third-order valence-corrected chi connectivity index (χ3v) is 2.64. The molecule has 0 aliphatic heterocycles. The Bertz CT molecular complexity index is 764. The molecule has 2 aromatic heterocycles. The summed E-state index contributed by atoms with van der Waals surface area (Å²) in [4.78, 5) is 16.2. The van der Waals surface area contributed by atoms with E-state index in [1.54, 1.807) is 0 Å². The minimum absolute atomic E-state index is 0.0885. The van der Waals surface area contributed by atoms with Crippen molar-refractivity contribution in [2.75, 3.05) is 6.61 Å². The first-order valence-electron chi connectivity index (χ1n) is 6.39. The van der Waals surface area contributed by atoms with Gasteiger partial charge >= 0.3 is 12.1 Å². The van der Waals surface area contributed by atoms with E-state index in [0.29, 0.717) is 10.4 Å². The first kappa shape index (κ1) is 16.4. The van der Waals surface area contributed by atoms with Crippen molar-refractivity contribution >= 4 is 5.97 Å². The molecule has 0 aliphatic carbocycles. The van der Waals surface area contributed by atoms with Crippen molar-refractivity contribution in [1.29, 1.82) is 5.26 Å². The van der Waals surface area contributed by atoms with Crippen molar-refractivity contribution < 1.29 is 22.7 Å². The van der Waals surface area contributed by atoms with E-state index in [-0.39, 0.29) is 18.8 Å². The second-order valence-corrected chi connectivity index (χ2v) is 4.29. The number of pyridine rings is 1. The van der Waals surface area contributed by atoms with Gasteiger partial charge in [0.2, 0.25) is 11.4 Å². The summed E-state index contributed by atoms with van der Waals surface area (Å²) in [5, 5.41) is 15.6. The van der Waals surface area contributed by atoms with E-state index in [0.717, 1.165) is 0 Å². The molecular formula is C13H10F3N5O2. The minimum atomic E-state index is -4.84. The molecular weight excluding hydrogens is 315 g/mol. The number of halogens is 3. The van der Waals surface area contributed by atoms with Crippen molar-refractivity contribution in [2.45, 2.75) is 19.6 Å². The standard InChI is InChI=1S/C13H10F3N5O2/c1-2-23-12(22)10-11(13(14,15)16)20-21(19-10)7-9-5-8(6-17)3-4-18-9/h3-5H,2,7H2,1H3. The Labute approximate surface area is 128 Å². The van der Waals surface area contributed by atoms with Crippen LogP contribution in [0.25, 0.3) is 0 Å². The topological polar surface area (TPSA) is 93.7 Å². The maximum Gasteiger partial charge on any atom is 0.437 e. The molecule has 0 aromatic carbocycles. The molecule has 2 rings (SSSR count). The lowest BCUT2D eigenvalue weighted by Gasteiger charge is -2.03. The summed E-state index contributed by atoms with van der Waals surface area (Å²) in [6.07, 6.45) is -3.50. The molecule has 0 saturated carbocycles. The number of hydrogen-bond donors (Lipinski definition) is 0. The van der Waals surface area contributed by atoms with E-state index < -0.39 is 23.5 Å². The van der Waals surface area contributed by atoms with Crippen LogP contribution in [0.1, 0.15) is 34.4 Å². The number of aromatic nitrogens is 4. The van der Waals surface area contributed by atoms with Crippen LogP contribution < -0.4 is 0 Å². The smallest absolute Gasteiger partial charge is 0.437 e. The lowest BCUT2D eigenvalue weighted by atomic mass is 10.2. The predicted octanol–water partition coefficient (Wildman–Crippen LogP) is 1.79. The second-order valence-electron chi connectivity index (χ2n) is 4.29. The van der Waals surface area contributed by atoms with Crippen LogP contribution in [0.5, 0.6) is 0 Å². The molecule has 0 atom stereocenters. The molecule has 0 bridgehead atoms. The van der Waals surface area contributed by atoms with Gasteiger partial charge < -0.3 is 4.74 Å². The fraction of sp³-hybridized carbons (Fsp3) is 0.308. The zero-order valence-electron chi connectivity index (χ0n) is 11.8. The average Bonchev–Trinajstić information content (AvgIpc) is 2.92. The summed E-state index contributed by atoms with van der Waals surface area (Å²) in [6, 6.07) is 4.72. The van der Waals surface area contributed by atoms with Crippen LogP contribution in [0.4, 0.5) is 13.2 Å². The van der Waals surface area contributed by atoms with Gasteiger partial charge in [0.1, 0.15) is 6.54 Å². The summed E-state index contributed by atoms with van der Waals surface area (Å²) in [5.74, 6) is -1.20. The highest BCUT2D eigenvalue weighted by molar-refractivity contribution is 5.88. The number of carbonyl (C=O) groups is 1. The SMILES string of the molecule is CCOC(=O)c1nn(Cc2cc(C#N)ccn2)nc1C(F)(F)F. The van der Waals surface area contributed by atoms with Gasteiger partial charge in [-0.1, -0.05) is 0 Å². The van der Waals surface area contributed by atoms with Crippen molar-refractivity contribution in [3.63, 3.8) is 0 Å². The van der Waals surface area contributed by atoms with Crippen LogP contribution in [-0.4, -0.2) is 32.6 Å². The molecule has 0 aliphatic rings. The van der Waals surface area contributed by atoms with Crippen LogP contribution in [0.15, 0.2) is 18.3 Å².